The molecule has 180 valence electrons. The van der Waals surface area contributed by atoms with Crippen LogP contribution >= 0.6 is 0 Å². The molecular formula is C28H31N5O2. The van der Waals surface area contributed by atoms with Crippen molar-refractivity contribution in [3.05, 3.63) is 88.7 Å². The summed E-state index contributed by atoms with van der Waals surface area (Å²) in [5, 5.41) is 2.85. The topological polar surface area (TPSA) is 78.4 Å². The van der Waals surface area contributed by atoms with Crippen LogP contribution in [-0.2, 0) is 11.2 Å². The molecule has 3 aromatic rings. The molecule has 1 fully saturated rings. The Bertz CT molecular complexity index is 1150. The Balaban J connectivity index is 1.21. The smallest absolute Gasteiger partial charge is 0.240 e. The van der Waals surface area contributed by atoms with Crippen LogP contribution in [0, 0.1) is 6.92 Å². The number of fused-ring (bicyclic) bond motifs is 1. The number of benzene rings is 2. The molecule has 1 N–H and O–H groups in total. The average molecular weight is 470 g/mol. The Kier molecular flexibility index (Phi) is 6.97. The number of aryl methyl sites for hydroxylation is 2. The minimum atomic E-state index is -0.123. The van der Waals surface area contributed by atoms with E-state index in [9.17, 15) is 9.59 Å². The van der Waals surface area contributed by atoms with Crippen LogP contribution in [0.1, 0.15) is 51.8 Å². The van der Waals surface area contributed by atoms with Crippen molar-refractivity contribution in [3.63, 3.8) is 0 Å². The van der Waals surface area contributed by atoms with Gasteiger partial charge in [0.25, 0.3) is 0 Å². The van der Waals surface area contributed by atoms with Gasteiger partial charge in [-0.05, 0) is 30.9 Å². The molecule has 5 rings (SSSR count). The van der Waals surface area contributed by atoms with Crippen LogP contribution in [0.3, 0.4) is 0 Å². The molecule has 0 saturated carbocycles. The summed E-state index contributed by atoms with van der Waals surface area (Å²) < 4.78 is 0. The summed E-state index contributed by atoms with van der Waals surface area (Å²) in [7, 11) is 0. The monoisotopic (exact) mass is 469 g/mol. The van der Waals surface area contributed by atoms with Crippen molar-refractivity contribution in [1.82, 2.24) is 19.8 Å². The predicted molar refractivity (Wildman–Crippen MR) is 135 cm³/mol. The van der Waals surface area contributed by atoms with Crippen molar-refractivity contribution < 1.29 is 9.59 Å². The zero-order valence-electron chi connectivity index (χ0n) is 20.1. The van der Waals surface area contributed by atoms with Gasteiger partial charge in [0, 0.05) is 32.6 Å². The van der Waals surface area contributed by atoms with Crippen molar-refractivity contribution in [3.8, 4) is 0 Å². The van der Waals surface area contributed by atoms with Gasteiger partial charge < -0.3 is 0 Å². The fourth-order valence-electron chi connectivity index (χ4n) is 5.20. The number of carbonyl (C=O) groups is 2. The number of Topliss-reactive ketones (excluding diaryl/α,β-unsaturated/α-hetero) is 1. The van der Waals surface area contributed by atoms with E-state index in [1.807, 2.05) is 19.1 Å². The Morgan fingerprint density at radius 3 is 2.17 bits per heavy atom. The van der Waals surface area contributed by atoms with E-state index in [1.54, 1.807) is 0 Å². The molecule has 35 heavy (non-hydrogen) atoms. The molecule has 0 spiro atoms. The third-order valence-corrected chi connectivity index (χ3v) is 6.88. The highest BCUT2D eigenvalue weighted by Gasteiger charge is 2.27. The lowest BCUT2D eigenvalue weighted by atomic mass is 9.94. The van der Waals surface area contributed by atoms with Crippen LogP contribution in [0.4, 0.5) is 5.95 Å². The second-order valence-electron chi connectivity index (χ2n) is 9.32. The minimum Gasteiger partial charge on any atom is -0.294 e. The van der Waals surface area contributed by atoms with Crippen molar-refractivity contribution >= 4 is 17.6 Å². The van der Waals surface area contributed by atoms with Gasteiger partial charge in [-0.1, -0.05) is 60.7 Å². The lowest BCUT2D eigenvalue weighted by Gasteiger charge is -2.39. The van der Waals surface area contributed by atoms with Gasteiger partial charge in [-0.2, -0.15) is 0 Å². The Labute approximate surface area is 206 Å². The fourth-order valence-corrected chi connectivity index (χ4v) is 5.20. The molecule has 1 saturated heterocycles. The molecular weight excluding hydrogens is 438 g/mol. The zero-order valence-corrected chi connectivity index (χ0v) is 20.1. The normalized spacial score (nSPS) is 16.8. The molecule has 7 heteroatoms. The van der Waals surface area contributed by atoms with Crippen molar-refractivity contribution in [2.24, 2.45) is 0 Å². The number of nitrogens with zero attached hydrogens (tertiary/aromatic N) is 4. The van der Waals surface area contributed by atoms with Crippen LogP contribution < -0.4 is 5.32 Å². The van der Waals surface area contributed by atoms with Gasteiger partial charge in [0.05, 0.1) is 29.5 Å². The zero-order chi connectivity index (χ0) is 24.2. The van der Waals surface area contributed by atoms with Crippen LogP contribution in [0.5, 0.6) is 0 Å². The first-order valence-electron chi connectivity index (χ1n) is 12.4. The third kappa shape index (κ3) is 5.31. The van der Waals surface area contributed by atoms with E-state index in [0.29, 0.717) is 30.2 Å². The highest BCUT2D eigenvalue weighted by molar-refractivity contribution is 5.99. The molecule has 0 radical (unpaired) electrons. The first-order chi connectivity index (χ1) is 17.1. The number of anilines is 1. The highest BCUT2D eigenvalue weighted by atomic mass is 16.2. The Morgan fingerprint density at radius 1 is 0.914 bits per heavy atom. The Hall–Kier alpha value is -3.42. The van der Waals surface area contributed by atoms with E-state index in [4.69, 9.17) is 0 Å². The fraction of sp³-hybridized carbons (Fsp3) is 0.357. The number of hydrogen-bond donors (Lipinski definition) is 1. The number of ketones is 1. The van der Waals surface area contributed by atoms with Gasteiger partial charge >= 0.3 is 0 Å². The molecule has 2 heterocycles. The number of piperazine rings is 1. The lowest BCUT2D eigenvalue weighted by molar-refractivity contribution is -0.117. The van der Waals surface area contributed by atoms with Crippen LogP contribution in [-0.4, -0.2) is 64.2 Å². The van der Waals surface area contributed by atoms with Gasteiger partial charge in [-0.25, -0.2) is 9.97 Å². The van der Waals surface area contributed by atoms with Gasteiger partial charge in [0.15, 0.2) is 5.78 Å². The molecule has 1 aliphatic heterocycles. The first-order valence-corrected chi connectivity index (χ1v) is 12.4. The average Bonchev–Trinajstić information content (AvgIpc) is 2.86. The Morgan fingerprint density at radius 2 is 1.54 bits per heavy atom. The third-order valence-electron chi connectivity index (χ3n) is 6.88. The van der Waals surface area contributed by atoms with Gasteiger partial charge in [-0.3, -0.25) is 24.7 Å². The van der Waals surface area contributed by atoms with Crippen molar-refractivity contribution in [2.75, 3.05) is 38.0 Å². The molecule has 0 atom stereocenters. The number of aromatic nitrogens is 2. The standard InChI is InChI=1S/C28H31N5O2/c1-20-26-23(13-8-14-24(26)34)30-28(29-20)31-25(35)19-32-15-17-33(18-16-32)27(21-9-4-2-5-10-21)22-11-6-3-7-12-22/h2-7,9-12,27H,8,13-19H2,1H3,(H,29,30,31,35). The molecule has 1 amide bonds. The molecule has 0 bridgehead atoms. The van der Waals surface area contributed by atoms with E-state index in [-0.39, 0.29) is 17.7 Å². The molecule has 1 aromatic heterocycles. The highest BCUT2D eigenvalue weighted by Crippen LogP contribution is 2.29. The van der Waals surface area contributed by atoms with Crippen molar-refractivity contribution in [1.29, 1.82) is 0 Å². The van der Waals surface area contributed by atoms with E-state index < -0.39 is 0 Å². The van der Waals surface area contributed by atoms with Crippen LogP contribution in [0.15, 0.2) is 60.7 Å². The van der Waals surface area contributed by atoms with Gasteiger partial charge in [-0.15, -0.1) is 0 Å². The van der Waals surface area contributed by atoms with E-state index in [2.05, 4.69) is 73.6 Å². The van der Waals surface area contributed by atoms with Gasteiger partial charge in [0.1, 0.15) is 0 Å². The summed E-state index contributed by atoms with van der Waals surface area (Å²) in [6, 6.07) is 21.4. The molecule has 1 aliphatic carbocycles. The molecule has 2 aliphatic rings. The summed E-state index contributed by atoms with van der Waals surface area (Å²) in [6.07, 6.45) is 2.09. The summed E-state index contributed by atoms with van der Waals surface area (Å²) in [5.74, 6) is 0.277. The lowest BCUT2D eigenvalue weighted by Crippen LogP contribution is -2.49. The van der Waals surface area contributed by atoms with Crippen molar-refractivity contribution in [2.45, 2.75) is 32.2 Å². The minimum absolute atomic E-state index is 0.101. The van der Waals surface area contributed by atoms with Gasteiger partial charge in [0.2, 0.25) is 11.9 Å². The summed E-state index contributed by atoms with van der Waals surface area (Å²) in [4.78, 5) is 38.5. The van der Waals surface area contributed by atoms with E-state index >= 15 is 0 Å². The second kappa shape index (κ2) is 10.5. The summed E-state index contributed by atoms with van der Waals surface area (Å²) >= 11 is 0. The maximum atomic E-state index is 12.8. The molecule has 0 unspecified atom stereocenters. The number of rotatable bonds is 6. The van der Waals surface area contributed by atoms with Crippen LogP contribution in [0.25, 0.3) is 0 Å². The second-order valence-corrected chi connectivity index (χ2v) is 9.32. The molecule has 7 nitrogen and oxygen atoms in total. The SMILES string of the molecule is Cc1nc(NC(=O)CN2CCN(C(c3ccccc3)c3ccccc3)CC2)nc2c1C(=O)CCC2. The van der Waals surface area contributed by atoms with E-state index in [1.165, 1.54) is 11.1 Å². The number of nitrogens with one attached hydrogen (secondary N) is 1. The van der Waals surface area contributed by atoms with E-state index in [0.717, 1.165) is 44.7 Å². The summed E-state index contributed by atoms with van der Waals surface area (Å²) in [5.41, 5.74) is 4.60. The van der Waals surface area contributed by atoms with Crippen LogP contribution in [0.2, 0.25) is 0 Å². The number of amides is 1. The maximum Gasteiger partial charge on any atom is 0.240 e. The predicted octanol–water partition coefficient (Wildman–Crippen LogP) is 3.65. The first kappa shape index (κ1) is 23.3. The summed E-state index contributed by atoms with van der Waals surface area (Å²) in [6.45, 7) is 5.48. The largest absolute Gasteiger partial charge is 0.294 e. The number of hydrogen-bond acceptors (Lipinski definition) is 6. The maximum absolute atomic E-state index is 12.8. The quantitative estimate of drug-likeness (QED) is 0.594. The number of carbonyl (C=O) groups excluding carboxylic acids is 2. The molecule has 2 aromatic carbocycles.